The first-order valence-corrected chi connectivity index (χ1v) is 11.7. The SMILES string of the molecule is N#Cc1cccc(Cn2c(-c3ccc(Cl)cc3OCC3CCCC3)nc3cc(F)c(F)cc32)c1. The number of nitriles is 1. The van der Waals surface area contributed by atoms with Crippen LogP contribution in [0.15, 0.2) is 54.6 Å². The van der Waals surface area contributed by atoms with Crippen molar-refractivity contribution in [3.05, 3.63) is 82.4 Å². The first-order valence-electron chi connectivity index (χ1n) is 11.3. The first kappa shape index (κ1) is 22.4. The Labute approximate surface area is 201 Å². The van der Waals surface area contributed by atoms with Crippen LogP contribution in [0.25, 0.3) is 22.4 Å². The van der Waals surface area contributed by atoms with Crippen LogP contribution in [-0.2, 0) is 6.54 Å². The number of nitrogens with zero attached hydrogens (tertiary/aromatic N) is 3. The third-order valence-corrected chi connectivity index (χ3v) is 6.56. The molecular formula is C27H22ClF2N3O. The molecule has 172 valence electrons. The fraction of sp³-hybridized carbons (Fsp3) is 0.259. The maximum atomic E-state index is 14.2. The Bertz CT molecular complexity index is 1400. The van der Waals surface area contributed by atoms with Crippen molar-refractivity contribution in [3.8, 4) is 23.2 Å². The molecule has 4 nitrogen and oxygen atoms in total. The van der Waals surface area contributed by atoms with Crippen molar-refractivity contribution >= 4 is 22.6 Å². The monoisotopic (exact) mass is 477 g/mol. The molecule has 0 aliphatic heterocycles. The van der Waals surface area contributed by atoms with E-state index in [0.29, 0.717) is 57.8 Å². The Morgan fingerprint density at radius 2 is 1.85 bits per heavy atom. The molecule has 1 aliphatic rings. The lowest BCUT2D eigenvalue weighted by atomic mass is 10.1. The number of benzene rings is 3. The van der Waals surface area contributed by atoms with Gasteiger partial charge in [0.2, 0.25) is 0 Å². The highest BCUT2D eigenvalue weighted by molar-refractivity contribution is 6.30. The molecule has 1 aromatic heterocycles. The lowest BCUT2D eigenvalue weighted by Crippen LogP contribution is -2.09. The van der Waals surface area contributed by atoms with E-state index in [1.807, 2.05) is 16.7 Å². The summed E-state index contributed by atoms with van der Waals surface area (Å²) in [5.74, 6) is -0.297. The van der Waals surface area contributed by atoms with E-state index >= 15 is 0 Å². The number of hydrogen-bond donors (Lipinski definition) is 0. The summed E-state index contributed by atoms with van der Waals surface area (Å²) < 4.78 is 36.3. The zero-order chi connectivity index (χ0) is 23.7. The number of imidazole rings is 1. The van der Waals surface area contributed by atoms with Gasteiger partial charge in [-0.3, -0.25) is 0 Å². The number of ether oxygens (including phenoxy) is 1. The van der Waals surface area contributed by atoms with Gasteiger partial charge in [-0.2, -0.15) is 5.26 Å². The Morgan fingerprint density at radius 1 is 1.06 bits per heavy atom. The van der Waals surface area contributed by atoms with Crippen molar-refractivity contribution in [2.45, 2.75) is 32.2 Å². The zero-order valence-corrected chi connectivity index (χ0v) is 19.2. The van der Waals surface area contributed by atoms with E-state index in [1.165, 1.54) is 12.8 Å². The Balaban J connectivity index is 1.63. The molecule has 0 atom stereocenters. The minimum Gasteiger partial charge on any atom is -0.492 e. The summed E-state index contributed by atoms with van der Waals surface area (Å²) in [5, 5.41) is 9.82. The van der Waals surface area contributed by atoms with Gasteiger partial charge in [-0.05, 0) is 54.7 Å². The second-order valence-corrected chi connectivity index (χ2v) is 9.13. The van der Waals surface area contributed by atoms with Crippen molar-refractivity contribution in [3.63, 3.8) is 0 Å². The fourth-order valence-corrected chi connectivity index (χ4v) is 4.75. The molecule has 0 unspecified atom stereocenters. The molecule has 4 aromatic rings. The summed E-state index contributed by atoms with van der Waals surface area (Å²) in [7, 11) is 0. The molecule has 0 saturated heterocycles. The molecule has 3 aromatic carbocycles. The predicted octanol–water partition coefficient (Wildman–Crippen LogP) is 7.12. The van der Waals surface area contributed by atoms with Crippen molar-refractivity contribution in [1.29, 1.82) is 5.26 Å². The van der Waals surface area contributed by atoms with E-state index in [9.17, 15) is 14.0 Å². The lowest BCUT2D eigenvalue weighted by molar-refractivity contribution is 0.253. The third-order valence-electron chi connectivity index (χ3n) is 6.32. The summed E-state index contributed by atoms with van der Waals surface area (Å²) >= 11 is 6.29. The Kier molecular flexibility index (Phi) is 6.21. The molecule has 1 heterocycles. The minimum absolute atomic E-state index is 0.317. The number of halogens is 3. The van der Waals surface area contributed by atoms with E-state index in [4.69, 9.17) is 16.3 Å². The van der Waals surface area contributed by atoms with Gasteiger partial charge in [0, 0.05) is 23.7 Å². The molecule has 34 heavy (non-hydrogen) atoms. The minimum atomic E-state index is -0.955. The largest absolute Gasteiger partial charge is 0.492 e. The van der Waals surface area contributed by atoms with Gasteiger partial charge < -0.3 is 9.30 Å². The highest BCUT2D eigenvalue weighted by Crippen LogP contribution is 2.36. The van der Waals surface area contributed by atoms with Crippen molar-refractivity contribution in [1.82, 2.24) is 9.55 Å². The van der Waals surface area contributed by atoms with Crippen molar-refractivity contribution < 1.29 is 13.5 Å². The summed E-state index contributed by atoms with van der Waals surface area (Å²) in [6.45, 7) is 0.901. The van der Waals surface area contributed by atoms with Crippen LogP contribution >= 0.6 is 11.6 Å². The first-order chi connectivity index (χ1) is 16.5. The van der Waals surface area contributed by atoms with Gasteiger partial charge in [0.15, 0.2) is 11.6 Å². The smallest absolute Gasteiger partial charge is 0.161 e. The van der Waals surface area contributed by atoms with Crippen LogP contribution in [0, 0.1) is 28.9 Å². The van der Waals surface area contributed by atoms with Crippen LogP contribution in [0.5, 0.6) is 5.75 Å². The van der Waals surface area contributed by atoms with Crippen LogP contribution < -0.4 is 4.74 Å². The molecular weight excluding hydrogens is 456 g/mol. The Morgan fingerprint density at radius 3 is 2.65 bits per heavy atom. The van der Waals surface area contributed by atoms with Crippen LogP contribution in [0.2, 0.25) is 5.02 Å². The molecule has 7 heteroatoms. The number of aromatic nitrogens is 2. The van der Waals surface area contributed by atoms with Gasteiger partial charge in [0.1, 0.15) is 11.6 Å². The van der Waals surface area contributed by atoms with E-state index in [0.717, 1.165) is 30.5 Å². The maximum absolute atomic E-state index is 14.2. The topological polar surface area (TPSA) is 50.8 Å². The van der Waals surface area contributed by atoms with E-state index in [1.54, 1.807) is 30.3 Å². The van der Waals surface area contributed by atoms with Gasteiger partial charge in [0.25, 0.3) is 0 Å². The number of fused-ring (bicyclic) bond motifs is 1. The molecule has 1 fully saturated rings. The van der Waals surface area contributed by atoms with Crippen molar-refractivity contribution in [2.24, 2.45) is 5.92 Å². The summed E-state index contributed by atoms with van der Waals surface area (Å²) in [4.78, 5) is 4.66. The van der Waals surface area contributed by atoms with Crippen LogP contribution in [0.1, 0.15) is 36.8 Å². The third kappa shape index (κ3) is 4.49. The number of hydrogen-bond acceptors (Lipinski definition) is 3. The van der Waals surface area contributed by atoms with E-state index < -0.39 is 11.6 Å². The summed E-state index contributed by atoms with van der Waals surface area (Å²) in [6, 6.07) is 16.9. The highest BCUT2D eigenvalue weighted by Gasteiger charge is 2.21. The summed E-state index contributed by atoms with van der Waals surface area (Å²) in [5.41, 5.74) is 2.84. The molecule has 1 aliphatic carbocycles. The quantitative estimate of drug-likeness (QED) is 0.297. The van der Waals surface area contributed by atoms with Crippen molar-refractivity contribution in [2.75, 3.05) is 6.61 Å². The molecule has 0 radical (unpaired) electrons. The standard InChI is InChI=1S/C27H22ClF2N3O/c28-20-8-9-21(26(11-20)34-16-17-4-1-2-5-17)27-32-24-12-22(29)23(30)13-25(24)33(27)15-19-7-3-6-18(10-19)14-31/h3,6-13,17H,1-2,4-5,15-16H2. The average molecular weight is 478 g/mol. The molecule has 0 amide bonds. The molecule has 1 saturated carbocycles. The van der Waals surface area contributed by atoms with Crippen LogP contribution in [0.3, 0.4) is 0 Å². The fourth-order valence-electron chi connectivity index (χ4n) is 4.59. The second-order valence-electron chi connectivity index (χ2n) is 8.69. The highest BCUT2D eigenvalue weighted by atomic mass is 35.5. The van der Waals surface area contributed by atoms with Gasteiger partial charge >= 0.3 is 0 Å². The summed E-state index contributed by atoms with van der Waals surface area (Å²) in [6.07, 6.45) is 4.71. The zero-order valence-electron chi connectivity index (χ0n) is 18.4. The normalized spacial score (nSPS) is 13.9. The van der Waals surface area contributed by atoms with Crippen LogP contribution in [-0.4, -0.2) is 16.2 Å². The van der Waals surface area contributed by atoms with Gasteiger partial charge in [-0.25, -0.2) is 13.8 Å². The molecule has 5 rings (SSSR count). The van der Waals surface area contributed by atoms with Crippen LogP contribution in [0.4, 0.5) is 8.78 Å². The molecule has 0 spiro atoms. The van der Waals surface area contributed by atoms with E-state index in [2.05, 4.69) is 11.1 Å². The average Bonchev–Trinajstić information content (AvgIpc) is 3.47. The van der Waals surface area contributed by atoms with Gasteiger partial charge in [-0.1, -0.05) is 36.6 Å². The maximum Gasteiger partial charge on any atom is 0.161 e. The Hall–Kier alpha value is -3.43. The number of rotatable bonds is 6. The van der Waals surface area contributed by atoms with Gasteiger partial charge in [-0.15, -0.1) is 0 Å². The van der Waals surface area contributed by atoms with E-state index in [-0.39, 0.29) is 0 Å². The lowest BCUT2D eigenvalue weighted by Gasteiger charge is -2.16. The second kappa shape index (κ2) is 9.44. The predicted molar refractivity (Wildman–Crippen MR) is 128 cm³/mol. The molecule has 0 bridgehead atoms. The molecule has 0 N–H and O–H groups in total. The van der Waals surface area contributed by atoms with Gasteiger partial charge in [0.05, 0.1) is 34.8 Å².